The number of hydrogen-bond donors (Lipinski definition) is 1. The Morgan fingerprint density at radius 2 is 1.84 bits per heavy atom. The van der Waals surface area contributed by atoms with Crippen molar-refractivity contribution in [3.8, 4) is 11.5 Å². The Bertz CT molecular complexity index is 555. The molecule has 2 aromatic rings. The Balaban J connectivity index is 2.15. The lowest BCUT2D eigenvalue weighted by Gasteiger charge is -2.20. The van der Waals surface area contributed by atoms with Crippen molar-refractivity contribution >= 4 is 17.3 Å². The van der Waals surface area contributed by atoms with Crippen LogP contribution in [-0.4, -0.2) is 19.3 Å². The van der Waals surface area contributed by atoms with Crippen LogP contribution < -0.4 is 9.64 Å². The van der Waals surface area contributed by atoms with Crippen LogP contribution in [0.5, 0.6) is 11.5 Å². The number of phenols is 1. The molecular formula is C15H16ClNO2. The van der Waals surface area contributed by atoms with Crippen LogP contribution in [0.2, 0.25) is 5.02 Å². The molecule has 0 heterocycles. The highest BCUT2D eigenvalue weighted by Crippen LogP contribution is 2.25. The van der Waals surface area contributed by atoms with Crippen LogP contribution in [-0.2, 0) is 6.54 Å². The minimum atomic E-state index is 0.225. The van der Waals surface area contributed by atoms with Crippen molar-refractivity contribution in [2.75, 3.05) is 19.1 Å². The molecule has 0 saturated heterocycles. The lowest BCUT2D eigenvalue weighted by molar-refractivity contribution is 0.415. The van der Waals surface area contributed by atoms with E-state index >= 15 is 0 Å². The molecule has 0 aliphatic carbocycles. The molecule has 0 aliphatic rings. The average Bonchev–Trinajstić information content (AvgIpc) is 2.43. The Morgan fingerprint density at radius 1 is 1.16 bits per heavy atom. The van der Waals surface area contributed by atoms with Gasteiger partial charge in [-0.15, -0.1) is 0 Å². The first-order chi connectivity index (χ1) is 9.10. The predicted octanol–water partition coefficient (Wildman–Crippen LogP) is 3.69. The monoisotopic (exact) mass is 277 g/mol. The molecule has 100 valence electrons. The van der Waals surface area contributed by atoms with Crippen molar-refractivity contribution in [3.63, 3.8) is 0 Å². The van der Waals surface area contributed by atoms with E-state index < -0.39 is 0 Å². The number of ether oxygens (including phenoxy) is 1. The molecule has 0 unspecified atom stereocenters. The van der Waals surface area contributed by atoms with Crippen LogP contribution in [0.4, 0.5) is 5.69 Å². The van der Waals surface area contributed by atoms with E-state index in [0.717, 1.165) is 17.0 Å². The van der Waals surface area contributed by atoms with Gasteiger partial charge in [0.25, 0.3) is 0 Å². The summed E-state index contributed by atoms with van der Waals surface area (Å²) in [6.45, 7) is 0.625. The fraction of sp³-hybridized carbons (Fsp3) is 0.200. The third kappa shape index (κ3) is 3.32. The minimum Gasteiger partial charge on any atom is -0.508 e. The molecule has 0 bridgehead atoms. The molecule has 2 aromatic carbocycles. The number of methoxy groups -OCH3 is 1. The summed E-state index contributed by atoms with van der Waals surface area (Å²) in [7, 11) is 3.62. The van der Waals surface area contributed by atoms with Crippen LogP contribution in [0.1, 0.15) is 5.56 Å². The van der Waals surface area contributed by atoms with Gasteiger partial charge in [-0.3, -0.25) is 0 Å². The second-order valence-corrected chi connectivity index (χ2v) is 4.74. The molecule has 0 radical (unpaired) electrons. The SMILES string of the molecule is COc1ccc(N(C)Cc2cc(O)ccc2Cl)cc1. The number of benzene rings is 2. The van der Waals surface area contributed by atoms with Crippen LogP contribution >= 0.6 is 11.6 Å². The number of rotatable bonds is 4. The van der Waals surface area contributed by atoms with E-state index in [1.807, 2.05) is 31.3 Å². The maximum Gasteiger partial charge on any atom is 0.119 e. The van der Waals surface area contributed by atoms with Gasteiger partial charge in [0.15, 0.2) is 0 Å². The normalized spacial score (nSPS) is 10.3. The first-order valence-corrected chi connectivity index (χ1v) is 6.30. The second kappa shape index (κ2) is 5.85. The van der Waals surface area contributed by atoms with E-state index in [-0.39, 0.29) is 5.75 Å². The highest BCUT2D eigenvalue weighted by molar-refractivity contribution is 6.31. The van der Waals surface area contributed by atoms with Gasteiger partial charge >= 0.3 is 0 Å². The molecule has 3 nitrogen and oxygen atoms in total. The summed E-state index contributed by atoms with van der Waals surface area (Å²) in [6, 6.07) is 12.8. The number of hydrogen-bond acceptors (Lipinski definition) is 3. The van der Waals surface area contributed by atoms with Crippen LogP contribution in [0.15, 0.2) is 42.5 Å². The fourth-order valence-corrected chi connectivity index (χ4v) is 2.04. The van der Waals surface area contributed by atoms with E-state index in [1.165, 1.54) is 0 Å². The second-order valence-electron chi connectivity index (χ2n) is 4.33. The van der Waals surface area contributed by atoms with Gasteiger partial charge in [0.05, 0.1) is 7.11 Å². The summed E-state index contributed by atoms with van der Waals surface area (Å²) in [5.74, 6) is 1.05. The maximum absolute atomic E-state index is 9.50. The van der Waals surface area contributed by atoms with Gasteiger partial charge in [0.2, 0.25) is 0 Å². The first kappa shape index (κ1) is 13.6. The first-order valence-electron chi connectivity index (χ1n) is 5.92. The number of anilines is 1. The zero-order chi connectivity index (χ0) is 13.8. The van der Waals surface area contributed by atoms with E-state index in [0.29, 0.717) is 11.6 Å². The number of phenolic OH excluding ortho intramolecular Hbond substituents is 1. The highest BCUT2D eigenvalue weighted by Gasteiger charge is 2.07. The predicted molar refractivity (Wildman–Crippen MR) is 78.2 cm³/mol. The van der Waals surface area contributed by atoms with Crippen molar-refractivity contribution in [3.05, 3.63) is 53.1 Å². The third-order valence-electron chi connectivity index (χ3n) is 2.95. The zero-order valence-corrected chi connectivity index (χ0v) is 11.7. The Hall–Kier alpha value is -1.87. The summed E-state index contributed by atoms with van der Waals surface area (Å²) in [4.78, 5) is 2.06. The highest BCUT2D eigenvalue weighted by atomic mass is 35.5. The number of aromatic hydroxyl groups is 1. The summed E-state index contributed by atoms with van der Waals surface area (Å²) >= 11 is 6.12. The van der Waals surface area contributed by atoms with Crippen LogP contribution in [0.3, 0.4) is 0 Å². The van der Waals surface area contributed by atoms with Gasteiger partial charge < -0.3 is 14.7 Å². The Morgan fingerprint density at radius 3 is 2.47 bits per heavy atom. The van der Waals surface area contributed by atoms with Crippen LogP contribution in [0.25, 0.3) is 0 Å². The Labute approximate surface area is 118 Å². The summed E-state index contributed by atoms with van der Waals surface area (Å²) in [5.41, 5.74) is 1.94. The summed E-state index contributed by atoms with van der Waals surface area (Å²) < 4.78 is 5.13. The molecule has 0 aromatic heterocycles. The molecule has 0 aliphatic heterocycles. The molecule has 2 rings (SSSR count). The molecule has 19 heavy (non-hydrogen) atoms. The molecule has 0 atom stereocenters. The van der Waals surface area contributed by atoms with Crippen molar-refractivity contribution < 1.29 is 9.84 Å². The topological polar surface area (TPSA) is 32.7 Å². The lowest BCUT2D eigenvalue weighted by atomic mass is 10.2. The van der Waals surface area contributed by atoms with Crippen molar-refractivity contribution in [1.82, 2.24) is 0 Å². The van der Waals surface area contributed by atoms with Gasteiger partial charge in [-0.2, -0.15) is 0 Å². The van der Waals surface area contributed by atoms with Gasteiger partial charge in [0.1, 0.15) is 11.5 Å². The van der Waals surface area contributed by atoms with Crippen molar-refractivity contribution in [2.45, 2.75) is 6.54 Å². The van der Waals surface area contributed by atoms with E-state index in [4.69, 9.17) is 16.3 Å². The number of halogens is 1. The van der Waals surface area contributed by atoms with Crippen molar-refractivity contribution in [1.29, 1.82) is 0 Å². The summed E-state index contributed by atoms with van der Waals surface area (Å²) in [6.07, 6.45) is 0. The molecule has 0 amide bonds. The molecule has 0 saturated carbocycles. The lowest BCUT2D eigenvalue weighted by Crippen LogP contribution is -2.16. The Kier molecular flexibility index (Phi) is 4.17. The van der Waals surface area contributed by atoms with E-state index in [2.05, 4.69) is 4.90 Å². The largest absolute Gasteiger partial charge is 0.508 e. The molecule has 0 spiro atoms. The standard InChI is InChI=1S/C15H16ClNO2/c1-17(12-3-6-14(19-2)7-4-12)10-11-9-13(18)5-8-15(11)16/h3-9,18H,10H2,1-2H3. The molecular weight excluding hydrogens is 262 g/mol. The molecule has 4 heteroatoms. The van der Waals surface area contributed by atoms with Crippen molar-refractivity contribution in [2.24, 2.45) is 0 Å². The third-order valence-corrected chi connectivity index (χ3v) is 3.32. The minimum absolute atomic E-state index is 0.225. The maximum atomic E-state index is 9.50. The van der Waals surface area contributed by atoms with E-state index in [9.17, 15) is 5.11 Å². The molecule has 1 N–H and O–H groups in total. The van der Waals surface area contributed by atoms with Crippen LogP contribution in [0, 0.1) is 0 Å². The summed E-state index contributed by atoms with van der Waals surface area (Å²) in [5, 5.41) is 10.1. The van der Waals surface area contributed by atoms with Gasteiger partial charge in [0, 0.05) is 24.3 Å². The zero-order valence-electron chi connectivity index (χ0n) is 10.9. The van der Waals surface area contributed by atoms with Gasteiger partial charge in [-0.1, -0.05) is 11.6 Å². The van der Waals surface area contributed by atoms with Gasteiger partial charge in [-0.05, 0) is 48.0 Å². The average molecular weight is 278 g/mol. The van der Waals surface area contributed by atoms with Gasteiger partial charge in [-0.25, -0.2) is 0 Å². The molecule has 0 fully saturated rings. The number of nitrogens with zero attached hydrogens (tertiary/aromatic N) is 1. The smallest absolute Gasteiger partial charge is 0.119 e. The fourth-order valence-electron chi connectivity index (χ4n) is 1.87. The van der Waals surface area contributed by atoms with E-state index in [1.54, 1.807) is 25.3 Å². The quantitative estimate of drug-likeness (QED) is 0.925.